The standard InChI is InChI=1S/C18H24N4O2/c1-12-6-4-8-16(19-12)21-18(23)15-7-5-9-22(10-15)11-17-20-13(2)14(3)24-17/h4,6,8,15H,5,7,9-11H2,1-3H3,(H,19,21,23). The average molecular weight is 328 g/mol. The van der Waals surface area contributed by atoms with Crippen molar-refractivity contribution >= 4 is 11.7 Å². The van der Waals surface area contributed by atoms with Gasteiger partial charge in [0.1, 0.15) is 11.6 Å². The molecule has 2 aromatic heterocycles. The highest BCUT2D eigenvalue weighted by molar-refractivity contribution is 5.91. The molecule has 0 bridgehead atoms. The molecule has 24 heavy (non-hydrogen) atoms. The Morgan fingerprint density at radius 2 is 2.17 bits per heavy atom. The largest absolute Gasteiger partial charge is 0.444 e. The number of amides is 1. The van der Waals surface area contributed by atoms with Crippen LogP contribution >= 0.6 is 0 Å². The molecule has 1 atom stereocenters. The van der Waals surface area contributed by atoms with Gasteiger partial charge in [0.05, 0.1) is 18.2 Å². The van der Waals surface area contributed by atoms with Gasteiger partial charge in [-0.25, -0.2) is 9.97 Å². The van der Waals surface area contributed by atoms with Crippen LogP contribution in [0.3, 0.4) is 0 Å². The Labute approximate surface area is 142 Å². The van der Waals surface area contributed by atoms with E-state index in [4.69, 9.17) is 4.42 Å². The van der Waals surface area contributed by atoms with Crippen molar-refractivity contribution in [2.75, 3.05) is 18.4 Å². The van der Waals surface area contributed by atoms with Crippen molar-refractivity contribution in [2.24, 2.45) is 5.92 Å². The van der Waals surface area contributed by atoms with E-state index in [1.807, 2.05) is 39.0 Å². The number of likely N-dealkylation sites (tertiary alicyclic amines) is 1. The molecule has 128 valence electrons. The van der Waals surface area contributed by atoms with Crippen LogP contribution in [0.25, 0.3) is 0 Å². The van der Waals surface area contributed by atoms with E-state index in [0.717, 1.165) is 49.0 Å². The first-order valence-corrected chi connectivity index (χ1v) is 8.41. The third kappa shape index (κ3) is 4.00. The van der Waals surface area contributed by atoms with Crippen LogP contribution in [0, 0.1) is 26.7 Å². The fourth-order valence-corrected chi connectivity index (χ4v) is 3.05. The zero-order valence-corrected chi connectivity index (χ0v) is 14.5. The maximum Gasteiger partial charge on any atom is 0.229 e. The fraction of sp³-hybridized carbons (Fsp3) is 0.500. The van der Waals surface area contributed by atoms with Crippen molar-refractivity contribution in [3.05, 3.63) is 41.2 Å². The number of carbonyl (C=O) groups excluding carboxylic acids is 1. The number of oxazole rings is 1. The molecule has 1 N–H and O–H groups in total. The van der Waals surface area contributed by atoms with Crippen LogP contribution in [-0.4, -0.2) is 33.9 Å². The van der Waals surface area contributed by atoms with Gasteiger partial charge in [0.25, 0.3) is 0 Å². The van der Waals surface area contributed by atoms with Crippen molar-refractivity contribution in [2.45, 2.75) is 40.2 Å². The highest BCUT2D eigenvalue weighted by atomic mass is 16.4. The van der Waals surface area contributed by atoms with Crippen molar-refractivity contribution < 1.29 is 9.21 Å². The quantitative estimate of drug-likeness (QED) is 0.934. The summed E-state index contributed by atoms with van der Waals surface area (Å²) in [6.45, 7) is 8.13. The number of aryl methyl sites for hydroxylation is 3. The van der Waals surface area contributed by atoms with Crippen molar-refractivity contribution in [3.63, 3.8) is 0 Å². The minimum atomic E-state index is -0.0294. The van der Waals surface area contributed by atoms with E-state index in [1.165, 1.54) is 0 Å². The van der Waals surface area contributed by atoms with Crippen molar-refractivity contribution in [1.82, 2.24) is 14.9 Å². The lowest BCUT2D eigenvalue weighted by molar-refractivity contribution is -0.121. The molecular weight excluding hydrogens is 304 g/mol. The van der Waals surface area contributed by atoms with Gasteiger partial charge in [0.15, 0.2) is 0 Å². The summed E-state index contributed by atoms with van der Waals surface area (Å²) in [5.41, 5.74) is 1.83. The highest BCUT2D eigenvalue weighted by Crippen LogP contribution is 2.20. The summed E-state index contributed by atoms with van der Waals surface area (Å²) in [5, 5.41) is 2.93. The summed E-state index contributed by atoms with van der Waals surface area (Å²) >= 11 is 0. The minimum absolute atomic E-state index is 0.0294. The van der Waals surface area contributed by atoms with E-state index < -0.39 is 0 Å². The molecule has 3 heterocycles. The first-order valence-electron chi connectivity index (χ1n) is 8.41. The Bertz CT molecular complexity index is 706. The Morgan fingerprint density at radius 3 is 2.88 bits per heavy atom. The van der Waals surface area contributed by atoms with Crippen molar-refractivity contribution in [1.29, 1.82) is 0 Å². The van der Waals surface area contributed by atoms with E-state index in [1.54, 1.807) is 0 Å². The fourth-order valence-electron chi connectivity index (χ4n) is 3.05. The van der Waals surface area contributed by atoms with Crippen LogP contribution in [0.4, 0.5) is 5.82 Å². The molecule has 6 heteroatoms. The monoisotopic (exact) mass is 328 g/mol. The Balaban J connectivity index is 1.59. The molecule has 0 aliphatic carbocycles. The summed E-state index contributed by atoms with van der Waals surface area (Å²) < 4.78 is 5.66. The molecule has 0 radical (unpaired) electrons. The number of rotatable bonds is 4. The molecule has 1 aliphatic heterocycles. The first kappa shape index (κ1) is 16.6. The van der Waals surface area contributed by atoms with Gasteiger partial charge in [0.2, 0.25) is 11.8 Å². The molecule has 1 saturated heterocycles. The SMILES string of the molecule is Cc1cccc(NC(=O)C2CCCN(Cc3nc(C)c(C)o3)C2)n1. The smallest absolute Gasteiger partial charge is 0.229 e. The van der Waals surface area contributed by atoms with Gasteiger partial charge in [-0.2, -0.15) is 0 Å². The topological polar surface area (TPSA) is 71.3 Å². The maximum atomic E-state index is 12.5. The summed E-state index contributed by atoms with van der Waals surface area (Å²) in [6, 6.07) is 5.64. The van der Waals surface area contributed by atoms with Crippen LogP contribution < -0.4 is 5.32 Å². The Morgan fingerprint density at radius 1 is 1.33 bits per heavy atom. The molecule has 1 aliphatic rings. The lowest BCUT2D eigenvalue weighted by Crippen LogP contribution is -2.40. The van der Waals surface area contributed by atoms with Gasteiger partial charge >= 0.3 is 0 Å². The zero-order valence-electron chi connectivity index (χ0n) is 14.5. The lowest BCUT2D eigenvalue weighted by atomic mass is 9.97. The van der Waals surface area contributed by atoms with Gasteiger partial charge in [-0.3, -0.25) is 9.69 Å². The Kier molecular flexibility index (Phi) is 4.94. The molecule has 1 amide bonds. The predicted molar refractivity (Wildman–Crippen MR) is 91.6 cm³/mol. The predicted octanol–water partition coefficient (Wildman–Crippen LogP) is 2.85. The average Bonchev–Trinajstić information content (AvgIpc) is 2.85. The highest BCUT2D eigenvalue weighted by Gasteiger charge is 2.27. The third-order valence-electron chi connectivity index (χ3n) is 4.45. The number of hydrogen-bond donors (Lipinski definition) is 1. The van der Waals surface area contributed by atoms with Crippen LogP contribution in [0.2, 0.25) is 0 Å². The number of nitrogens with one attached hydrogen (secondary N) is 1. The second-order valence-electron chi connectivity index (χ2n) is 6.48. The number of anilines is 1. The van der Waals surface area contributed by atoms with Crippen molar-refractivity contribution in [3.8, 4) is 0 Å². The number of hydrogen-bond acceptors (Lipinski definition) is 5. The van der Waals surface area contributed by atoms with E-state index in [-0.39, 0.29) is 11.8 Å². The molecule has 2 aromatic rings. The molecule has 1 unspecified atom stereocenters. The summed E-state index contributed by atoms with van der Waals surface area (Å²) in [7, 11) is 0. The molecular formula is C18H24N4O2. The van der Waals surface area contributed by atoms with E-state index in [2.05, 4.69) is 20.2 Å². The number of pyridine rings is 1. The molecule has 0 spiro atoms. The number of piperidine rings is 1. The molecule has 1 fully saturated rings. The summed E-state index contributed by atoms with van der Waals surface area (Å²) in [5.74, 6) is 2.22. The summed E-state index contributed by atoms with van der Waals surface area (Å²) in [4.78, 5) is 23.5. The molecule has 0 aromatic carbocycles. The first-order chi connectivity index (χ1) is 11.5. The van der Waals surface area contributed by atoms with Crippen LogP contribution in [0.5, 0.6) is 0 Å². The third-order valence-corrected chi connectivity index (χ3v) is 4.45. The second-order valence-corrected chi connectivity index (χ2v) is 6.48. The minimum Gasteiger partial charge on any atom is -0.444 e. The van der Waals surface area contributed by atoms with Crippen LogP contribution in [-0.2, 0) is 11.3 Å². The molecule has 0 saturated carbocycles. The van der Waals surface area contributed by atoms with Gasteiger partial charge in [0, 0.05) is 12.2 Å². The van der Waals surface area contributed by atoms with Gasteiger partial charge < -0.3 is 9.73 Å². The molecule has 6 nitrogen and oxygen atoms in total. The van der Waals surface area contributed by atoms with E-state index in [0.29, 0.717) is 12.4 Å². The van der Waals surface area contributed by atoms with E-state index >= 15 is 0 Å². The van der Waals surface area contributed by atoms with Gasteiger partial charge in [-0.05, 0) is 52.3 Å². The maximum absolute atomic E-state index is 12.5. The Hall–Kier alpha value is -2.21. The number of nitrogens with zero attached hydrogens (tertiary/aromatic N) is 3. The second kappa shape index (κ2) is 7.13. The summed E-state index contributed by atoms with van der Waals surface area (Å²) in [6.07, 6.45) is 1.90. The van der Waals surface area contributed by atoms with Crippen LogP contribution in [0.1, 0.15) is 35.9 Å². The van der Waals surface area contributed by atoms with Crippen LogP contribution in [0.15, 0.2) is 22.6 Å². The lowest BCUT2D eigenvalue weighted by Gasteiger charge is -2.30. The van der Waals surface area contributed by atoms with Gasteiger partial charge in [-0.1, -0.05) is 6.07 Å². The van der Waals surface area contributed by atoms with E-state index in [9.17, 15) is 4.79 Å². The van der Waals surface area contributed by atoms with Gasteiger partial charge in [-0.15, -0.1) is 0 Å². The normalized spacial score (nSPS) is 18.5. The number of aromatic nitrogens is 2. The number of carbonyl (C=O) groups is 1. The zero-order chi connectivity index (χ0) is 17.1. The molecule has 3 rings (SSSR count).